The molecule has 1 aliphatic rings. The van der Waals surface area contributed by atoms with Crippen LogP contribution in [0.2, 0.25) is 0 Å². The summed E-state index contributed by atoms with van der Waals surface area (Å²) in [6, 6.07) is 5.59. The van der Waals surface area contributed by atoms with Gasteiger partial charge in [-0.3, -0.25) is 15.0 Å². The third kappa shape index (κ3) is 8.57. The summed E-state index contributed by atoms with van der Waals surface area (Å²) in [5, 5.41) is 30.7. The summed E-state index contributed by atoms with van der Waals surface area (Å²) in [4.78, 5) is 17.9. The summed E-state index contributed by atoms with van der Waals surface area (Å²) < 4.78 is 88.3. The van der Waals surface area contributed by atoms with Crippen LogP contribution in [0.3, 0.4) is 0 Å². The Labute approximate surface area is 227 Å². The van der Waals surface area contributed by atoms with Crippen LogP contribution < -0.4 is 24.4 Å². The van der Waals surface area contributed by atoms with Crippen LogP contribution in [0.5, 0.6) is 11.6 Å². The van der Waals surface area contributed by atoms with E-state index in [2.05, 4.69) is 24.9 Å². The number of rotatable bonds is 10. The summed E-state index contributed by atoms with van der Waals surface area (Å²) in [6.45, 7) is -0.277. The number of carbonyl (C=O) groups is 1. The number of carbonyl (C=O) groups excluding carboxylic acids is 1. The number of likely N-dealkylation sites (tertiary alicyclic amines) is 1. The van der Waals surface area contributed by atoms with E-state index in [0.717, 1.165) is 18.2 Å². The first kappa shape index (κ1) is 29.6. The highest BCUT2D eigenvalue weighted by atomic mass is 19.4. The number of ether oxygens (including phenoxy) is 3. The van der Waals surface area contributed by atoms with Gasteiger partial charge in [0.2, 0.25) is 11.0 Å². The molecule has 0 bridgehead atoms. The standard InChI is InChI=1S/C23H22F6N6O6/c24-22(25,26)13-39-19-9-14(3-6-30-19)11-33-8-5-16(12-33)40-20(36)4-7-31-21-32-35(38)18-10-15(41-23(27,28)29)1-2-17(18)34(21)37/h1-3,6,9-10,16H,4-5,7-8,11-13H2,(H,31,32). The van der Waals surface area contributed by atoms with Crippen LogP contribution in [0.25, 0.3) is 11.0 Å². The van der Waals surface area contributed by atoms with E-state index in [-0.39, 0.29) is 33.9 Å². The summed E-state index contributed by atoms with van der Waals surface area (Å²) >= 11 is 0. The van der Waals surface area contributed by atoms with Gasteiger partial charge < -0.3 is 24.6 Å². The average molecular weight is 592 g/mol. The molecule has 2 aromatic heterocycles. The highest BCUT2D eigenvalue weighted by Gasteiger charge is 2.32. The highest BCUT2D eigenvalue weighted by molar-refractivity contribution is 5.71. The zero-order chi connectivity index (χ0) is 29.8. The maximum absolute atomic E-state index is 12.5. The third-order valence-electron chi connectivity index (χ3n) is 5.71. The summed E-state index contributed by atoms with van der Waals surface area (Å²) in [7, 11) is 0. The maximum Gasteiger partial charge on any atom is 0.573 e. The fraction of sp³-hybridized carbons (Fsp3) is 0.435. The van der Waals surface area contributed by atoms with Crippen molar-refractivity contribution in [1.29, 1.82) is 0 Å². The lowest BCUT2D eigenvalue weighted by Crippen LogP contribution is -2.44. The van der Waals surface area contributed by atoms with Crippen LogP contribution in [0.4, 0.5) is 32.3 Å². The monoisotopic (exact) mass is 592 g/mol. The topological polar surface area (TPSA) is 140 Å². The van der Waals surface area contributed by atoms with Crippen LogP contribution in [0.15, 0.2) is 36.5 Å². The number of pyridine rings is 1. The molecule has 1 N–H and O–H groups in total. The maximum atomic E-state index is 12.5. The smallest absolute Gasteiger partial charge is 0.573 e. The average Bonchev–Trinajstić information content (AvgIpc) is 3.31. The number of halogens is 6. The molecule has 3 aromatic rings. The van der Waals surface area contributed by atoms with Crippen molar-refractivity contribution in [2.24, 2.45) is 0 Å². The van der Waals surface area contributed by atoms with E-state index >= 15 is 0 Å². The minimum atomic E-state index is -4.99. The van der Waals surface area contributed by atoms with E-state index in [4.69, 9.17) is 4.74 Å². The predicted molar refractivity (Wildman–Crippen MR) is 125 cm³/mol. The third-order valence-corrected chi connectivity index (χ3v) is 5.71. The number of aromatic nitrogens is 4. The molecule has 0 saturated carbocycles. The molecule has 222 valence electrons. The normalized spacial score (nSPS) is 16.1. The van der Waals surface area contributed by atoms with E-state index in [0.29, 0.717) is 31.6 Å². The van der Waals surface area contributed by atoms with Crippen molar-refractivity contribution in [2.75, 3.05) is 31.6 Å². The second-order valence-electron chi connectivity index (χ2n) is 8.91. The number of fused-ring (bicyclic) bond motifs is 1. The largest absolute Gasteiger partial charge is 0.739 e. The Kier molecular flexibility index (Phi) is 8.69. The van der Waals surface area contributed by atoms with Crippen molar-refractivity contribution in [3.05, 3.63) is 52.5 Å². The molecule has 0 radical (unpaired) electrons. The van der Waals surface area contributed by atoms with Crippen molar-refractivity contribution in [2.45, 2.75) is 38.0 Å². The van der Waals surface area contributed by atoms with Crippen molar-refractivity contribution in [3.8, 4) is 11.6 Å². The summed E-state index contributed by atoms with van der Waals surface area (Å²) in [5.74, 6) is -1.94. The lowest BCUT2D eigenvalue weighted by atomic mass is 10.2. The minimum Gasteiger partial charge on any atom is -0.739 e. The second-order valence-corrected chi connectivity index (χ2v) is 8.91. The van der Waals surface area contributed by atoms with Gasteiger partial charge in [0.15, 0.2) is 12.1 Å². The molecule has 4 rings (SSSR count). The first-order chi connectivity index (χ1) is 19.3. The summed E-state index contributed by atoms with van der Waals surface area (Å²) in [6.07, 6.45) is -8.25. The quantitative estimate of drug-likeness (QED) is 0.162. The van der Waals surface area contributed by atoms with Gasteiger partial charge in [-0.2, -0.15) is 13.2 Å². The molecule has 41 heavy (non-hydrogen) atoms. The Balaban J connectivity index is 1.25. The Bertz CT molecular complexity index is 1390. The van der Waals surface area contributed by atoms with E-state index < -0.39 is 48.4 Å². The highest BCUT2D eigenvalue weighted by Crippen LogP contribution is 2.25. The molecule has 3 heterocycles. The van der Waals surface area contributed by atoms with Gasteiger partial charge >= 0.3 is 30.0 Å². The molecular formula is C23H22F6N6O6. The molecule has 1 fully saturated rings. The summed E-state index contributed by atoms with van der Waals surface area (Å²) in [5.41, 5.74) is -0.0786. The number of anilines is 1. The second kappa shape index (κ2) is 12.0. The van der Waals surface area contributed by atoms with Crippen LogP contribution in [0, 0.1) is 10.4 Å². The number of nitrogens with one attached hydrogen (secondary N) is 1. The SMILES string of the molecule is O=C(CCNc1n[n+]([O-])c2cc(OC(F)(F)F)ccc2[n+]1[O-])OC1CCN(Cc2ccnc(OCC(F)(F)F)c2)C1. The minimum absolute atomic E-state index is 0.0467. The lowest BCUT2D eigenvalue weighted by molar-refractivity contribution is -0.672. The van der Waals surface area contributed by atoms with Crippen molar-refractivity contribution in [3.63, 3.8) is 0 Å². The van der Waals surface area contributed by atoms with Gasteiger partial charge in [0, 0.05) is 36.7 Å². The van der Waals surface area contributed by atoms with E-state index in [1.54, 1.807) is 6.07 Å². The zero-order valence-corrected chi connectivity index (χ0v) is 20.9. The van der Waals surface area contributed by atoms with Crippen molar-refractivity contribution in [1.82, 2.24) is 15.0 Å². The molecular weight excluding hydrogens is 570 g/mol. The van der Waals surface area contributed by atoms with Crippen molar-refractivity contribution < 1.29 is 54.9 Å². The molecule has 1 aromatic carbocycles. The molecule has 1 unspecified atom stereocenters. The predicted octanol–water partition coefficient (Wildman–Crippen LogP) is 2.36. The molecule has 1 saturated heterocycles. The van der Waals surface area contributed by atoms with Gasteiger partial charge in [-0.05, 0) is 30.2 Å². The van der Waals surface area contributed by atoms with E-state index in [1.807, 2.05) is 4.90 Å². The van der Waals surface area contributed by atoms with Crippen molar-refractivity contribution >= 4 is 23.0 Å². The van der Waals surface area contributed by atoms with E-state index in [1.165, 1.54) is 12.3 Å². The number of alkyl halides is 6. The number of nitrogens with zero attached hydrogens (tertiary/aromatic N) is 5. The van der Waals surface area contributed by atoms with Gasteiger partial charge in [-0.15, -0.1) is 13.2 Å². The molecule has 1 aliphatic heterocycles. The fourth-order valence-electron chi connectivity index (χ4n) is 4.03. The fourth-order valence-corrected chi connectivity index (χ4v) is 4.03. The van der Waals surface area contributed by atoms with Gasteiger partial charge in [0.1, 0.15) is 11.9 Å². The van der Waals surface area contributed by atoms with Gasteiger partial charge in [-0.1, -0.05) is 0 Å². The molecule has 1 atom stereocenters. The van der Waals surface area contributed by atoms with Gasteiger partial charge in [0.05, 0.1) is 19.0 Å². The Hall–Kier alpha value is -4.35. The molecule has 0 amide bonds. The molecule has 12 nitrogen and oxygen atoms in total. The number of hydrogen-bond acceptors (Lipinski definition) is 10. The van der Waals surface area contributed by atoms with Crippen LogP contribution in [0.1, 0.15) is 18.4 Å². The van der Waals surface area contributed by atoms with Crippen LogP contribution >= 0.6 is 0 Å². The Morgan fingerprint density at radius 1 is 1.12 bits per heavy atom. The first-order valence-corrected chi connectivity index (χ1v) is 12.0. The number of esters is 1. The lowest BCUT2D eigenvalue weighted by Gasteiger charge is -2.17. The van der Waals surface area contributed by atoms with E-state index in [9.17, 15) is 41.6 Å². The van der Waals surface area contributed by atoms with Gasteiger partial charge in [0.25, 0.3) is 0 Å². The first-order valence-electron chi connectivity index (χ1n) is 12.0. The molecule has 0 spiro atoms. The zero-order valence-electron chi connectivity index (χ0n) is 20.9. The Morgan fingerprint density at radius 2 is 1.90 bits per heavy atom. The van der Waals surface area contributed by atoms with Gasteiger partial charge in [-0.25, -0.2) is 9.71 Å². The number of hydrogen-bond donors (Lipinski definition) is 1. The van der Waals surface area contributed by atoms with Crippen LogP contribution in [-0.2, 0) is 16.1 Å². The number of benzene rings is 1. The van der Waals surface area contributed by atoms with Crippen LogP contribution in [-0.4, -0.2) is 65.8 Å². The molecule has 18 heteroatoms. The molecule has 0 aliphatic carbocycles. The Morgan fingerprint density at radius 3 is 2.63 bits per heavy atom.